The lowest BCUT2D eigenvalue weighted by atomic mass is 10.1. The summed E-state index contributed by atoms with van der Waals surface area (Å²) in [5.41, 5.74) is 2.75. The summed E-state index contributed by atoms with van der Waals surface area (Å²) in [7, 11) is 1.85. The van der Waals surface area contributed by atoms with E-state index in [-0.39, 0.29) is 0 Å². The van der Waals surface area contributed by atoms with E-state index < -0.39 is 0 Å². The maximum Gasteiger partial charge on any atom is 0.142 e. The summed E-state index contributed by atoms with van der Waals surface area (Å²) < 4.78 is 1.73. The molecule has 2 rings (SSSR count). The van der Waals surface area contributed by atoms with Crippen molar-refractivity contribution in [3.8, 4) is 6.07 Å². The first kappa shape index (κ1) is 13.2. The summed E-state index contributed by atoms with van der Waals surface area (Å²) in [6, 6.07) is 12.6. The van der Waals surface area contributed by atoms with E-state index in [9.17, 15) is 0 Å². The SMILES string of the molecule is Cc1nn(C)c(NCCCc2ccccc2)c1C#N. The zero-order valence-corrected chi connectivity index (χ0v) is 11.3. The summed E-state index contributed by atoms with van der Waals surface area (Å²) in [5, 5.41) is 16.7. The van der Waals surface area contributed by atoms with Gasteiger partial charge in [-0.05, 0) is 25.3 Å². The van der Waals surface area contributed by atoms with Gasteiger partial charge in [-0.3, -0.25) is 4.68 Å². The van der Waals surface area contributed by atoms with E-state index in [2.05, 4.69) is 40.8 Å². The monoisotopic (exact) mass is 254 g/mol. The van der Waals surface area contributed by atoms with Gasteiger partial charge in [0.05, 0.1) is 5.69 Å². The van der Waals surface area contributed by atoms with Crippen LogP contribution < -0.4 is 5.32 Å². The van der Waals surface area contributed by atoms with Crippen LogP contribution in [-0.2, 0) is 13.5 Å². The molecule has 0 atom stereocenters. The van der Waals surface area contributed by atoms with E-state index in [1.807, 2.05) is 20.0 Å². The van der Waals surface area contributed by atoms with Crippen LogP contribution in [0.2, 0.25) is 0 Å². The smallest absolute Gasteiger partial charge is 0.142 e. The molecule has 1 N–H and O–H groups in total. The van der Waals surface area contributed by atoms with Crippen molar-refractivity contribution in [3.05, 3.63) is 47.2 Å². The maximum absolute atomic E-state index is 9.10. The molecule has 19 heavy (non-hydrogen) atoms. The maximum atomic E-state index is 9.10. The molecule has 2 aromatic rings. The van der Waals surface area contributed by atoms with E-state index in [4.69, 9.17) is 5.26 Å². The Balaban J connectivity index is 1.88. The van der Waals surface area contributed by atoms with Gasteiger partial charge >= 0.3 is 0 Å². The van der Waals surface area contributed by atoms with Crippen molar-refractivity contribution in [1.82, 2.24) is 9.78 Å². The second kappa shape index (κ2) is 6.05. The molecule has 4 heteroatoms. The van der Waals surface area contributed by atoms with Crippen LogP contribution in [0.15, 0.2) is 30.3 Å². The minimum absolute atomic E-state index is 0.641. The molecule has 4 nitrogen and oxygen atoms in total. The summed E-state index contributed by atoms with van der Waals surface area (Å²) in [6.07, 6.45) is 2.06. The fraction of sp³-hybridized carbons (Fsp3) is 0.333. The van der Waals surface area contributed by atoms with Gasteiger partial charge in [0.2, 0.25) is 0 Å². The standard InChI is InChI=1S/C15H18N4/c1-12-14(11-16)15(19(2)18-12)17-10-6-9-13-7-4-3-5-8-13/h3-5,7-8,17H,6,9-10H2,1-2H3. The van der Waals surface area contributed by atoms with Crippen molar-refractivity contribution >= 4 is 5.82 Å². The molecule has 1 aromatic heterocycles. The van der Waals surface area contributed by atoms with Crippen molar-refractivity contribution in [2.24, 2.45) is 7.05 Å². The third-order valence-corrected chi connectivity index (χ3v) is 3.11. The Bertz CT molecular complexity index is 578. The third-order valence-electron chi connectivity index (χ3n) is 3.11. The fourth-order valence-electron chi connectivity index (χ4n) is 2.14. The average Bonchev–Trinajstić information content (AvgIpc) is 2.70. The van der Waals surface area contributed by atoms with Crippen LogP contribution in [-0.4, -0.2) is 16.3 Å². The molecular weight excluding hydrogens is 236 g/mol. The van der Waals surface area contributed by atoms with Gasteiger partial charge in [0.25, 0.3) is 0 Å². The van der Waals surface area contributed by atoms with Gasteiger partial charge in [0.15, 0.2) is 0 Å². The predicted molar refractivity (Wildman–Crippen MR) is 75.9 cm³/mol. The van der Waals surface area contributed by atoms with E-state index in [0.29, 0.717) is 5.56 Å². The van der Waals surface area contributed by atoms with Gasteiger partial charge in [-0.15, -0.1) is 0 Å². The molecule has 0 radical (unpaired) electrons. The van der Waals surface area contributed by atoms with E-state index in [1.54, 1.807) is 4.68 Å². The molecule has 0 unspecified atom stereocenters. The van der Waals surface area contributed by atoms with E-state index in [0.717, 1.165) is 30.9 Å². The number of hydrogen-bond donors (Lipinski definition) is 1. The first-order valence-corrected chi connectivity index (χ1v) is 6.44. The molecule has 0 fully saturated rings. The average molecular weight is 254 g/mol. The molecule has 0 saturated heterocycles. The van der Waals surface area contributed by atoms with Crippen molar-refractivity contribution < 1.29 is 0 Å². The Morgan fingerprint density at radius 2 is 2.05 bits per heavy atom. The summed E-state index contributed by atoms with van der Waals surface area (Å²) in [4.78, 5) is 0. The minimum Gasteiger partial charge on any atom is -0.369 e. The number of nitriles is 1. The summed E-state index contributed by atoms with van der Waals surface area (Å²) >= 11 is 0. The largest absolute Gasteiger partial charge is 0.369 e. The quantitative estimate of drug-likeness (QED) is 0.834. The Kier molecular flexibility index (Phi) is 4.19. The Hall–Kier alpha value is -2.28. The van der Waals surface area contributed by atoms with E-state index in [1.165, 1.54) is 5.56 Å². The molecule has 0 bridgehead atoms. The van der Waals surface area contributed by atoms with Crippen LogP contribution in [0.4, 0.5) is 5.82 Å². The van der Waals surface area contributed by atoms with Crippen molar-refractivity contribution in [2.75, 3.05) is 11.9 Å². The Morgan fingerprint density at radius 3 is 2.74 bits per heavy atom. The van der Waals surface area contributed by atoms with E-state index >= 15 is 0 Å². The van der Waals surface area contributed by atoms with Gasteiger partial charge < -0.3 is 5.32 Å². The van der Waals surface area contributed by atoms with Crippen LogP contribution in [0.25, 0.3) is 0 Å². The molecule has 1 heterocycles. The molecule has 0 saturated carbocycles. The molecule has 0 spiro atoms. The van der Waals surface area contributed by atoms with Crippen molar-refractivity contribution in [2.45, 2.75) is 19.8 Å². The number of benzene rings is 1. The Morgan fingerprint density at radius 1 is 1.32 bits per heavy atom. The molecule has 0 aliphatic rings. The molecule has 0 aliphatic heterocycles. The van der Waals surface area contributed by atoms with Crippen molar-refractivity contribution in [1.29, 1.82) is 5.26 Å². The van der Waals surface area contributed by atoms with Gasteiger partial charge in [-0.1, -0.05) is 30.3 Å². The predicted octanol–water partition coefficient (Wildman–Crippen LogP) is 2.64. The van der Waals surface area contributed by atoms with Gasteiger partial charge in [-0.25, -0.2) is 0 Å². The Labute approximate surface area is 113 Å². The molecule has 98 valence electrons. The third kappa shape index (κ3) is 3.14. The van der Waals surface area contributed by atoms with Crippen LogP contribution >= 0.6 is 0 Å². The lowest BCUT2D eigenvalue weighted by molar-refractivity contribution is 0.751. The number of nitrogens with one attached hydrogen (secondary N) is 1. The highest BCUT2D eigenvalue weighted by atomic mass is 15.3. The zero-order valence-electron chi connectivity index (χ0n) is 11.3. The minimum atomic E-state index is 0.641. The molecule has 0 aliphatic carbocycles. The van der Waals surface area contributed by atoms with Gasteiger partial charge in [-0.2, -0.15) is 10.4 Å². The summed E-state index contributed by atoms with van der Waals surface area (Å²) in [5.74, 6) is 0.813. The van der Waals surface area contributed by atoms with Crippen LogP contribution in [0, 0.1) is 18.3 Å². The fourth-order valence-corrected chi connectivity index (χ4v) is 2.14. The summed E-state index contributed by atoms with van der Waals surface area (Å²) in [6.45, 7) is 2.69. The number of anilines is 1. The number of nitrogens with zero attached hydrogens (tertiary/aromatic N) is 3. The lowest BCUT2D eigenvalue weighted by Crippen LogP contribution is -2.08. The second-order valence-corrected chi connectivity index (χ2v) is 4.56. The van der Waals surface area contributed by atoms with Gasteiger partial charge in [0, 0.05) is 13.6 Å². The van der Waals surface area contributed by atoms with Gasteiger partial charge in [0.1, 0.15) is 17.5 Å². The highest BCUT2D eigenvalue weighted by Gasteiger charge is 2.11. The van der Waals surface area contributed by atoms with Crippen LogP contribution in [0.5, 0.6) is 0 Å². The zero-order chi connectivity index (χ0) is 13.7. The molecule has 1 aromatic carbocycles. The van der Waals surface area contributed by atoms with Crippen molar-refractivity contribution in [3.63, 3.8) is 0 Å². The first-order chi connectivity index (χ1) is 9.22. The number of rotatable bonds is 5. The van der Waals surface area contributed by atoms with Crippen LogP contribution in [0.1, 0.15) is 23.2 Å². The highest BCUT2D eigenvalue weighted by Crippen LogP contribution is 2.17. The first-order valence-electron chi connectivity index (χ1n) is 6.44. The molecular formula is C15H18N4. The second-order valence-electron chi connectivity index (χ2n) is 4.56. The number of aromatic nitrogens is 2. The highest BCUT2D eigenvalue weighted by molar-refractivity contribution is 5.54. The topological polar surface area (TPSA) is 53.6 Å². The number of aryl methyl sites for hydroxylation is 3. The molecule has 0 amide bonds. The lowest BCUT2D eigenvalue weighted by Gasteiger charge is -2.07. The number of hydrogen-bond acceptors (Lipinski definition) is 3. The van der Waals surface area contributed by atoms with Crippen LogP contribution in [0.3, 0.4) is 0 Å². The normalized spacial score (nSPS) is 10.2.